The van der Waals surface area contributed by atoms with E-state index in [-0.39, 0.29) is 21.6 Å². The summed E-state index contributed by atoms with van der Waals surface area (Å²) in [7, 11) is 0. The van der Waals surface area contributed by atoms with Crippen LogP contribution in [-0.4, -0.2) is 33.9 Å². The number of amidine groups is 2. The van der Waals surface area contributed by atoms with Gasteiger partial charge < -0.3 is 16.2 Å². The lowest BCUT2D eigenvalue weighted by Gasteiger charge is -2.15. The SMILES string of the molecule is CCOC(=O)CCCCC(CCSC(=N)N)SC(=N)N. The highest BCUT2D eigenvalue weighted by Crippen LogP contribution is 2.22. The van der Waals surface area contributed by atoms with Gasteiger partial charge in [-0.1, -0.05) is 29.9 Å². The van der Waals surface area contributed by atoms with Gasteiger partial charge in [-0.2, -0.15) is 0 Å². The van der Waals surface area contributed by atoms with Gasteiger partial charge in [-0.25, -0.2) is 0 Å². The Morgan fingerprint density at radius 3 is 2.45 bits per heavy atom. The monoisotopic (exact) mass is 320 g/mol. The van der Waals surface area contributed by atoms with Crippen molar-refractivity contribution in [2.45, 2.75) is 44.3 Å². The van der Waals surface area contributed by atoms with Gasteiger partial charge in [0.2, 0.25) is 0 Å². The first-order chi connectivity index (χ1) is 9.45. The van der Waals surface area contributed by atoms with E-state index in [2.05, 4.69) is 0 Å². The molecule has 0 aromatic heterocycles. The molecule has 0 fully saturated rings. The van der Waals surface area contributed by atoms with E-state index < -0.39 is 0 Å². The number of thioether (sulfide) groups is 2. The predicted molar refractivity (Wildman–Crippen MR) is 87.4 cm³/mol. The summed E-state index contributed by atoms with van der Waals surface area (Å²) in [5, 5.41) is 14.9. The summed E-state index contributed by atoms with van der Waals surface area (Å²) in [6.45, 7) is 2.22. The Hall–Kier alpha value is -0.890. The lowest BCUT2D eigenvalue weighted by Crippen LogP contribution is -2.15. The Morgan fingerprint density at radius 2 is 1.90 bits per heavy atom. The molecule has 0 rings (SSSR count). The van der Waals surface area contributed by atoms with Crippen molar-refractivity contribution >= 4 is 39.8 Å². The van der Waals surface area contributed by atoms with Gasteiger partial charge in [0, 0.05) is 17.4 Å². The molecule has 0 spiro atoms. The van der Waals surface area contributed by atoms with Crippen molar-refractivity contribution in [1.29, 1.82) is 10.8 Å². The smallest absolute Gasteiger partial charge is 0.305 e. The maximum Gasteiger partial charge on any atom is 0.305 e. The number of nitrogens with two attached hydrogens (primary N) is 2. The quantitative estimate of drug-likeness (QED) is 0.211. The van der Waals surface area contributed by atoms with Crippen LogP contribution < -0.4 is 11.5 Å². The highest BCUT2D eigenvalue weighted by Gasteiger charge is 2.12. The lowest BCUT2D eigenvalue weighted by molar-refractivity contribution is -0.143. The molecule has 6 N–H and O–H groups in total. The molecule has 0 saturated heterocycles. The fourth-order valence-corrected chi connectivity index (χ4v) is 3.27. The number of nitrogens with one attached hydrogen (secondary N) is 2. The van der Waals surface area contributed by atoms with Crippen LogP contribution in [0.25, 0.3) is 0 Å². The first-order valence-corrected chi connectivity index (χ1v) is 8.45. The number of esters is 1. The molecule has 0 aliphatic carbocycles. The zero-order valence-electron chi connectivity index (χ0n) is 11.8. The summed E-state index contributed by atoms with van der Waals surface area (Å²) < 4.78 is 4.87. The largest absolute Gasteiger partial charge is 0.466 e. The van der Waals surface area contributed by atoms with E-state index in [1.807, 2.05) is 0 Å². The average Bonchev–Trinajstić information content (AvgIpc) is 2.33. The number of hydrogen-bond acceptors (Lipinski definition) is 6. The third-order valence-electron chi connectivity index (χ3n) is 2.45. The first kappa shape index (κ1) is 19.1. The van der Waals surface area contributed by atoms with Crippen LogP contribution in [-0.2, 0) is 9.53 Å². The van der Waals surface area contributed by atoms with Crippen molar-refractivity contribution in [3.05, 3.63) is 0 Å². The molecule has 116 valence electrons. The fraction of sp³-hybridized carbons (Fsp3) is 0.750. The third kappa shape index (κ3) is 12.2. The van der Waals surface area contributed by atoms with Crippen LogP contribution >= 0.6 is 23.5 Å². The highest BCUT2D eigenvalue weighted by molar-refractivity contribution is 8.14. The Kier molecular flexibility index (Phi) is 11.4. The Morgan fingerprint density at radius 1 is 1.20 bits per heavy atom. The molecule has 1 atom stereocenters. The van der Waals surface area contributed by atoms with Crippen LogP contribution in [0.15, 0.2) is 0 Å². The summed E-state index contributed by atoms with van der Waals surface area (Å²) in [6, 6.07) is 0. The Bertz CT molecular complexity index is 327. The van der Waals surface area contributed by atoms with E-state index >= 15 is 0 Å². The minimum atomic E-state index is -0.157. The van der Waals surface area contributed by atoms with Gasteiger partial charge in [0.05, 0.1) is 6.61 Å². The van der Waals surface area contributed by atoms with E-state index in [0.29, 0.717) is 13.0 Å². The molecule has 8 heteroatoms. The molecule has 0 amide bonds. The molecule has 0 aliphatic heterocycles. The minimum absolute atomic E-state index is 0.105. The number of rotatable bonds is 10. The molecule has 20 heavy (non-hydrogen) atoms. The number of unbranched alkanes of at least 4 members (excludes halogenated alkanes) is 1. The third-order valence-corrected chi connectivity index (χ3v) is 4.26. The van der Waals surface area contributed by atoms with E-state index in [4.69, 9.17) is 27.0 Å². The second-order valence-electron chi connectivity index (χ2n) is 4.16. The van der Waals surface area contributed by atoms with Crippen molar-refractivity contribution in [3.8, 4) is 0 Å². The van der Waals surface area contributed by atoms with Crippen LogP contribution in [0.1, 0.15) is 39.0 Å². The Labute approximate surface area is 128 Å². The van der Waals surface area contributed by atoms with Crippen molar-refractivity contribution in [2.24, 2.45) is 11.5 Å². The lowest BCUT2D eigenvalue weighted by atomic mass is 10.1. The molecular weight excluding hydrogens is 296 g/mol. The molecule has 1 unspecified atom stereocenters. The van der Waals surface area contributed by atoms with Crippen LogP contribution in [0.3, 0.4) is 0 Å². The summed E-state index contributed by atoms with van der Waals surface area (Å²) in [6.07, 6.45) is 3.85. The van der Waals surface area contributed by atoms with Crippen molar-refractivity contribution in [3.63, 3.8) is 0 Å². The van der Waals surface area contributed by atoms with E-state index in [1.54, 1.807) is 6.92 Å². The first-order valence-electron chi connectivity index (χ1n) is 6.58. The van der Waals surface area contributed by atoms with Gasteiger partial charge in [0.1, 0.15) is 0 Å². The maximum atomic E-state index is 11.2. The maximum absolute atomic E-state index is 11.2. The van der Waals surface area contributed by atoms with E-state index in [9.17, 15) is 4.79 Å². The minimum Gasteiger partial charge on any atom is -0.466 e. The standard InChI is InChI=1S/C12H24N4O2S2/c1-2-18-10(17)6-4-3-5-9(20-12(15)16)7-8-19-11(13)14/h9H,2-8H2,1H3,(H3,13,14)(H3,15,16). The van der Waals surface area contributed by atoms with Gasteiger partial charge >= 0.3 is 5.97 Å². The van der Waals surface area contributed by atoms with Gasteiger partial charge in [-0.15, -0.1) is 0 Å². The molecule has 0 heterocycles. The van der Waals surface area contributed by atoms with Crippen LogP contribution in [0.2, 0.25) is 0 Å². The summed E-state index contributed by atoms with van der Waals surface area (Å²) in [5.41, 5.74) is 10.7. The average molecular weight is 320 g/mol. The topological polar surface area (TPSA) is 126 Å². The summed E-state index contributed by atoms with van der Waals surface area (Å²) >= 11 is 2.64. The van der Waals surface area contributed by atoms with Crippen LogP contribution in [0, 0.1) is 10.8 Å². The summed E-state index contributed by atoms with van der Waals surface area (Å²) in [4.78, 5) is 11.2. The number of carbonyl (C=O) groups excluding carboxylic acids is 1. The molecule has 0 aliphatic rings. The predicted octanol–water partition coefficient (Wildman–Crippen LogP) is 2.12. The van der Waals surface area contributed by atoms with Gasteiger partial charge in [0.15, 0.2) is 10.3 Å². The summed E-state index contributed by atoms with van der Waals surface area (Å²) in [5.74, 6) is 0.591. The van der Waals surface area contributed by atoms with Gasteiger partial charge in [-0.3, -0.25) is 15.6 Å². The van der Waals surface area contributed by atoms with E-state index in [1.165, 1.54) is 23.5 Å². The fourth-order valence-electron chi connectivity index (χ4n) is 1.62. The molecule has 0 aromatic carbocycles. The zero-order chi connectivity index (χ0) is 15.4. The van der Waals surface area contributed by atoms with Gasteiger partial charge in [0.25, 0.3) is 0 Å². The highest BCUT2D eigenvalue weighted by atomic mass is 32.2. The second-order valence-corrected chi connectivity index (χ2v) is 6.64. The second kappa shape index (κ2) is 11.9. The van der Waals surface area contributed by atoms with Crippen molar-refractivity contribution in [2.75, 3.05) is 12.4 Å². The number of carbonyl (C=O) groups is 1. The molecule has 6 nitrogen and oxygen atoms in total. The Balaban J connectivity index is 3.88. The van der Waals surface area contributed by atoms with Crippen LogP contribution in [0.4, 0.5) is 0 Å². The molecule has 0 bridgehead atoms. The molecular formula is C12H24N4O2S2. The van der Waals surface area contributed by atoms with E-state index in [0.717, 1.165) is 31.4 Å². The normalized spacial score (nSPS) is 11.8. The number of hydrogen-bond donors (Lipinski definition) is 4. The number of ether oxygens (including phenoxy) is 1. The molecule has 0 saturated carbocycles. The molecule has 0 radical (unpaired) electrons. The van der Waals surface area contributed by atoms with Crippen molar-refractivity contribution < 1.29 is 9.53 Å². The van der Waals surface area contributed by atoms with Crippen molar-refractivity contribution in [1.82, 2.24) is 0 Å². The van der Waals surface area contributed by atoms with Gasteiger partial charge in [-0.05, 0) is 26.2 Å². The zero-order valence-corrected chi connectivity index (χ0v) is 13.4. The van der Waals surface area contributed by atoms with Crippen LogP contribution in [0.5, 0.6) is 0 Å². The molecule has 0 aromatic rings.